The maximum absolute atomic E-state index is 14.1. The summed E-state index contributed by atoms with van der Waals surface area (Å²) < 4.78 is 19.8. The lowest BCUT2D eigenvalue weighted by Crippen LogP contribution is -2.48. The molecule has 1 fully saturated rings. The van der Waals surface area contributed by atoms with Gasteiger partial charge >= 0.3 is 0 Å². The van der Waals surface area contributed by atoms with Crippen LogP contribution in [0.4, 0.5) is 22.2 Å². The van der Waals surface area contributed by atoms with Crippen LogP contribution in [0.15, 0.2) is 49.1 Å². The van der Waals surface area contributed by atoms with Gasteiger partial charge in [-0.25, -0.2) is 4.39 Å². The fourth-order valence-electron chi connectivity index (χ4n) is 3.68. The molecule has 2 aromatic rings. The van der Waals surface area contributed by atoms with Gasteiger partial charge in [-0.05, 0) is 23.8 Å². The van der Waals surface area contributed by atoms with Crippen molar-refractivity contribution in [3.05, 3.63) is 60.5 Å². The van der Waals surface area contributed by atoms with Gasteiger partial charge in [0.2, 0.25) is 17.8 Å². The molecule has 2 N–H and O–H groups in total. The molecule has 32 heavy (non-hydrogen) atoms. The van der Waals surface area contributed by atoms with E-state index in [0.717, 1.165) is 38.3 Å². The highest BCUT2D eigenvalue weighted by atomic mass is 19.1. The number of ether oxygens (including phenoxy) is 1. The molecule has 0 aliphatic carbocycles. The Morgan fingerprint density at radius 1 is 1.00 bits per heavy atom. The molecule has 2 aliphatic rings. The van der Waals surface area contributed by atoms with Gasteiger partial charge in [0.25, 0.3) is 0 Å². The second-order valence-corrected chi connectivity index (χ2v) is 7.63. The molecule has 1 aromatic heterocycles. The van der Waals surface area contributed by atoms with E-state index in [0.29, 0.717) is 48.9 Å². The molecule has 9 heteroatoms. The van der Waals surface area contributed by atoms with Crippen LogP contribution in [0.2, 0.25) is 0 Å². The first kappa shape index (κ1) is 21.8. The Hall–Kier alpha value is -3.46. The van der Waals surface area contributed by atoms with E-state index in [1.165, 1.54) is 6.07 Å². The molecular weight excluding hydrogens is 409 g/mol. The Morgan fingerprint density at radius 2 is 1.69 bits per heavy atom. The number of rotatable bonds is 9. The SMILES string of the molecule is C=CCNc1nc(NCC=C)nc(N2CCN(CC3=Cc4c(F)cccc4OC3)CC2)n1. The van der Waals surface area contributed by atoms with Gasteiger partial charge in [0.15, 0.2) is 0 Å². The summed E-state index contributed by atoms with van der Waals surface area (Å²) in [7, 11) is 0. The minimum atomic E-state index is -0.249. The molecule has 168 valence electrons. The highest BCUT2D eigenvalue weighted by Gasteiger charge is 2.23. The topological polar surface area (TPSA) is 78.4 Å². The molecule has 0 bridgehead atoms. The number of nitrogens with one attached hydrogen (secondary N) is 2. The number of halogens is 1. The zero-order valence-electron chi connectivity index (χ0n) is 18.1. The van der Waals surface area contributed by atoms with E-state index < -0.39 is 0 Å². The van der Waals surface area contributed by atoms with E-state index in [-0.39, 0.29) is 5.82 Å². The third kappa shape index (κ3) is 5.23. The molecule has 0 spiro atoms. The zero-order valence-corrected chi connectivity index (χ0v) is 18.1. The first-order chi connectivity index (χ1) is 15.7. The van der Waals surface area contributed by atoms with Crippen molar-refractivity contribution < 1.29 is 9.13 Å². The average Bonchev–Trinajstić information content (AvgIpc) is 2.82. The molecule has 0 atom stereocenters. The van der Waals surface area contributed by atoms with E-state index in [9.17, 15) is 4.39 Å². The second-order valence-electron chi connectivity index (χ2n) is 7.63. The number of piperazine rings is 1. The molecule has 0 amide bonds. The number of anilines is 3. The van der Waals surface area contributed by atoms with Crippen LogP contribution in [0.5, 0.6) is 5.75 Å². The van der Waals surface area contributed by atoms with E-state index in [1.54, 1.807) is 24.3 Å². The van der Waals surface area contributed by atoms with E-state index >= 15 is 0 Å². The fourth-order valence-corrected chi connectivity index (χ4v) is 3.68. The van der Waals surface area contributed by atoms with Gasteiger partial charge < -0.3 is 20.3 Å². The molecule has 3 heterocycles. The molecule has 8 nitrogen and oxygen atoms in total. The predicted octanol–water partition coefficient (Wildman–Crippen LogP) is 2.80. The van der Waals surface area contributed by atoms with Crippen molar-refractivity contribution in [2.75, 3.05) is 68.0 Å². The Bertz CT molecular complexity index is 972. The summed E-state index contributed by atoms with van der Waals surface area (Å²) in [5, 5.41) is 6.26. The summed E-state index contributed by atoms with van der Waals surface area (Å²) in [6.45, 7) is 13.1. The normalized spacial score (nSPS) is 15.9. The van der Waals surface area contributed by atoms with Crippen LogP contribution in [0, 0.1) is 5.82 Å². The van der Waals surface area contributed by atoms with Gasteiger partial charge in [-0.1, -0.05) is 18.2 Å². The Labute approximate surface area is 187 Å². The number of aromatic nitrogens is 3. The summed E-state index contributed by atoms with van der Waals surface area (Å²) in [5.41, 5.74) is 1.61. The number of hydrogen-bond acceptors (Lipinski definition) is 8. The van der Waals surface area contributed by atoms with E-state index in [1.807, 2.05) is 6.08 Å². The van der Waals surface area contributed by atoms with Gasteiger partial charge in [-0.2, -0.15) is 15.0 Å². The minimum Gasteiger partial charge on any atom is -0.488 e. The molecule has 1 aromatic carbocycles. The average molecular weight is 438 g/mol. The predicted molar refractivity (Wildman–Crippen MR) is 126 cm³/mol. The summed E-state index contributed by atoms with van der Waals surface area (Å²) in [5.74, 6) is 2.01. The lowest BCUT2D eigenvalue weighted by atomic mass is 10.1. The quantitative estimate of drug-likeness (QED) is 0.580. The summed E-state index contributed by atoms with van der Waals surface area (Å²) in [4.78, 5) is 18.0. The molecule has 0 unspecified atom stereocenters. The molecular formula is C23H28FN7O. The monoisotopic (exact) mass is 437 g/mol. The molecule has 0 radical (unpaired) electrons. The van der Waals surface area contributed by atoms with Gasteiger partial charge in [0.05, 0.1) is 5.56 Å². The second kappa shape index (κ2) is 10.2. The van der Waals surface area contributed by atoms with Crippen molar-refractivity contribution in [3.8, 4) is 5.75 Å². The third-order valence-corrected chi connectivity index (χ3v) is 5.29. The standard InChI is InChI=1S/C23H28FN7O/c1-3-8-25-21-27-22(26-9-4-2)29-23(28-21)31-12-10-30(11-13-31)15-17-14-18-19(24)6-5-7-20(18)32-16-17/h3-7,14H,1-2,8-13,15-16H2,(H2,25,26,27,28,29). The number of nitrogens with zero attached hydrogens (tertiary/aromatic N) is 5. The largest absolute Gasteiger partial charge is 0.488 e. The van der Waals surface area contributed by atoms with Crippen molar-refractivity contribution in [3.63, 3.8) is 0 Å². The molecule has 1 saturated heterocycles. The number of hydrogen-bond donors (Lipinski definition) is 2. The van der Waals surface area contributed by atoms with Crippen molar-refractivity contribution in [2.24, 2.45) is 0 Å². The van der Waals surface area contributed by atoms with Crippen molar-refractivity contribution >= 4 is 23.9 Å². The Kier molecular flexibility index (Phi) is 6.96. The van der Waals surface area contributed by atoms with Crippen LogP contribution in [0.3, 0.4) is 0 Å². The van der Waals surface area contributed by atoms with Crippen LogP contribution < -0.4 is 20.3 Å². The summed E-state index contributed by atoms with van der Waals surface area (Å²) in [6.07, 6.45) is 5.43. The highest BCUT2D eigenvalue weighted by molar-refractivity contribution is 5.63. The number of benzene rings is 1. The summed E-state index contributed by atoms with van der Waals surface area (Å²) >= 11 is 0. The van der Waals surface area contributed by atoms with Crippen LogP contribution in [-0.2, 0) is 0 Å². The zero-order chi connectivity index (χ0) is 22.3. The number of fused-ring (bicyclic) bond motifs is 1. The maximum atomic E-state index is 14.1. The van der Waals surface area contributed by atoms with Gasteiger partial charge in [-0.15, -0.1) is 13.2 Å². The van der Waals surface area contributed by atoms with Crippen molar-refractivity contribution in [1.82, 2.24) is 19.9 Å². The van der Waals surface area contributed by atoms with Crippen LogP contribution in [0.1, 0.15) is 5.56 Å². The van der Waals surface area contributed by atoms with Crippen molar-refractivity contribution in [2.45, 2.75) is 0 Å². The third-order valence-electron chi connectivity index (χ3n) is 5.29. The molecule has 0 saturated carbocycles. The van der Waals surface area contributed by atoms with Crippen LogP contribution in [0.25, 0.3) is 6.08 Å². The summed E-state index contributed by atoms with van der Waals surface area (Å²) in [6, 6.07) is 4.94. The van der Waals surface area contributed by atoms with E-state index in [4.69, 9.17) is 4.74 Å². The highest BCUT2D eigenvalue weighted by Crippen LogP contribution is 2.29. The van der Waals surface area contributed by atoms with Gasteiger partial charge in [0.1, 0.15) is 18.2 Å². The smallest absolute Gasteiger partial charge is 0.232 e. The lowest BCUT2D eigenvalue weighted by Gasteiger charge is -2.35. The first-order valence-electron chi connectivity index (χ1n) is 10.7. The minimum absolute atomic E-state index is 0.249. The van der Waals surface area contributed by atoms with Crippen LogP contribution >= 0.6 is 0 Å². The maximum Gasteiger partial charge on any atom is 0.232 e. The fraction of sp³-hybridized carbons (Fsp3) is 0.348. The molecule has 4 rings (SSSR count). The van der Waals surface area contributed by atoms with E-state index in [2.05, 4.69) is 48.5 Å². The molecule has 2 aliphatic heterocycles. The first-order valence-corrected chi connectivity index (χ1v) is 10.7. The Balaban J connectivity index is 1.39. The lowest BCUT2D eigenvalue weighted by molar-refractivity contribution is 0.259. The van der Waals surface area contributed by atoms with Gasteiger partial charge in [0, 0.05) is 45.8 Å². The van der Waals surface area contributed by atoms with Crippen molar-refractivity contribution in [1.29, 1.82) is 0 Å². The Morgan fingerprint density at radius 3 is 2.34 bits per heavy atom. The van der Waals surface area contributed by atoms with Crippen LogP contribution in [-0.4, -0.2) is 72.3 Å². The van der Waals surface area contributed by atoms with Gasteiger partial charge in [-0.3, -0.25) is 4.90 Å².